The zero-order valence-corrected chi connectivity index (χ0v) is 12.9. The molecule has 0 fully saturated rings. The molecule has 1 aromatic rings. The van der Waals surface area contributed by atoms with Crippen LogP contribution in [-0.2, 0) is 32.7 Å². The predicted octanol–water partition coefficient (Wildman–Crippen LogP) is 3.51. The van der Waals surface area contributed by atoms with Gasteiger partial charge in [0.05, 0.1) is 0 Å². The van der Waals surface area contributed by atoms with Gasteiger partial charge >= 0.3 is 0 Å². The number of rotatable bonds is 2. The molecule has 0 amide bonds. The van der Waals surface area contributed by atoms with Crippen LogP contribution in [0.4, 0.5) is 8.78 Å². The van der Waals surface area contributed by atoms with Gasteiger partial charge in [0.25, 0.3) is 0 Å². The number of benzene rings is 1. The molecule has 0 saturated carbocycles. The molecule has 1 aliphatic heterocycles. The first kappa shape index (κ1) is 15.3. The number of nitrogens with zero attached hydrogens (tertiary/aromatic N) is 1. The van der Waals surface area contributed by atoms with Crippen LogP contribution in [0.1, 0.15) is 12.5 Å². The fourth-order valence-corrected chi connectivity index (χ4v) is 1.82. The van der Waals surface area contributed by atoms with Crippen molar-refractivity contribution in [3.8, 4) is 0 Å². The number of allylic oxidation sites excluding steroid dienone is 3. The molecule has 1 aliphatic rings. The summed E-state index contributed by atoms with van der Waals surface area (Å²) >= 11 is 0. The quantitative estimate of drug-likeness (QED) is 0.754. The Morgan fingerprint density at radius 3 is 2.39 bits per heavy atom. The van der Waals surface area contributed by atoms with Gasteiger partial charge in [-0.2, -0.15) is 12.2 Å². The molecular weight excluding hydrogens is 309 g/mol. The Kier molecular flexibility index (Phi) is 5.42. The number of likely N-dealkylation sites (N-methyl/N-ethyl adjacent to an activating group) is 1. The van der Waals surface area contributed by atoms with E-state index in [-0.39, 0.29) is 32.7 Å². The van der Waals surface area contributed by atoms with Gasteiger partial charge in [-0.25, -0.2) is 8.78 Å². The van der Waals surface area contributed by atoms with Gasteiger partial charge in [0, 0.05) is 45.3 Å². The normalized spacial score (nSPS) is 14.3. The maximum absolute atomic E-state index is 13.2. The molecular formula is C14H12F2NY-. The third-order valence-electron chi connectivity index (χ3n) is 2.56. The van der Waals surface area contributed by atoms with Crippen LogP contribution in [0.25, 0.3) is 5.70 Å². The van der Waals surface area contributed by atoms with Gasteiger partial charge in [0.2, 0.25) is 0 Å². The van der Waals surface area contributed by atoms with Crippen LogP contribution in [0, 0.1) is 17.7 Å². The standard InChI is InChI=1S/C14H12F2N.Y/c1-3-17-10(2)5-4-6-14(17)11-7-12(15)9-13(16)8-11;/h4-5,7-9H,2-3H2,1H3;/q-1;. The minimum absolute atomic E-state index is 0. The van der Waals surface area contributed by atoms with Crippen molar-refractivity contribution >= 4 is 5.70 Å². The van der Waals surface area contributed by atoms with E-state index in [1.165, 1.54) is 12.1 Å². The first-order valence-electron chi connectivity index (χ1n) is 5.34. The van der Waals surface area contributed by atoms with Crippen LogP contribution in [0.2, 0.25) is 0 Å². The second-order valence-electron chi connectivity index (χ2n) is 3.72. The summed E-state index contributed by atoms with van der Waals surface area (Å²) in [5, 5.41) is 0. The van der Waals surface area contributed by atoms with Crippen LogP contribution in [0.5, 0.6) is 0 Å². The molecule has 91 valence electrons. The molecule has 0 bridgehead atoms. The molecule has 0 N–H and O–H groups in total. The molecule has 0 saturated heterocycles. The molecule has 1 aromatic carbocycles. The molecule has 0 spiro atoms. The summed E-state index contributed by atoms with van der Waals surface area (Å²) in [6.07, 6.45) is 6.50. The van der Waals surface area contributed by atoms with E-state index in [1.807, 2.05) is 17.9 Å². The van der Waals surface area contributed by atoms with Crippen molar-refractivity contribution in [2.45, 2.75) is 6.92 Å². The second kappa shape index (κ2) is 6.39. The molecule has 0 unspecified atom stereocenters. The van der Waals surface area contributed by atoms with E-state index in [0.29, 0.717) is 17.8 Å². The van der Waals surface area contributed by atoms with E-state index >= 15 is 0 Å². The fourth-order valence-electron chi connectivity index (χ4n) is 1.82. The molecule has 1 heterocycles. The van der Waals surface area contributed by atoms with Crippen LogP contribution in [-0.4, -0.2) is 11.4 Å². The number of hydrogen-bond acceptors (Lipinski definition) is 1. The summed E-state index contributed by atoms with van der Waals surface area (Å²) in [6, 6.07) is 3.44. The summed E-state index contributed by atoms with van der Waals surface area (Å²) in [7, 11) is 0. The molecule has 1 radical (unpaired) electrons. The molecule has 1 nitrogen and oxygen atoms in total. The fraction of sp³-hybridized carbons (Fsp3) is 0.143. The van der Waals surface area contributed by atoms with Gasteiger partial charge in [-0.15, -0.1) is 6.08 Å². The zero-order chi connectivity index (χ0) is 12.4. The van der Waals surface area contributed by atoms with Gasteiger partial charge in [-0.3, -0.25) is 0 Å². The largest absolute Gasteiger partial charge is 0.376 e. The van der Waals surface area contributed by atoms with E-state index < -0.39 is 11.6 Å². The number of hydrogen-bond donors (Lipinski definition) is 0. The maximum atomic E-state index is 13.2. The second-order valence-corrected chi connectivity index (χ2v) is 3.72. The zero-order valence-electron chi connectivity index (χ0n) is 10.1. The van der Waals surface area contributed by atoms with E-state index in [2.05, 4.69) is 12.7 Å². The minimum Gasteiger partial charge on any atom is -0.376 e. The van der Waals surface area contributed by atoms with Crippen molar-refractivity contribution in [1.29, 1.82) is 0 Å². The Morgan fingerprint density at radius 1 is 1.22 bits per heavy atom. The van der Waals surface area contributed by atoms with Gasteiger partial charge in [0.1, 0.15) is 11.6 Å². The Hall–Kier alpha value is -0.796. The van der Waals surface area contributed by atoms with Gasteiger partial charge in [0.15, 0.2) is 0 Å². The number of halogens is 2. The average molecular weight is 321 g/mol. The topological polar surface area (TPSA) is 3.24 Å². The monoisotopic (exact) mass is 321 g/mol. The van der Waals surface area contributed by atoms with Crippen LogP contribution < -0.4 is 0 Å². The summed E-state index contributed by atoms with van der Waals surface area (Å²) < 4.78 is 26.3. The first-order valence-corrected chi connectivity index (χ1v) is 5.34. The van der Waals surface area contributed by atoms with E-state index in [0.717, 1.165) is 11.8 Å². The van der Waals surface area contributed by atoms with Crippen molar-refractivity contribution in [3.63, 3.8) is 0 Å². The van der Waals surface area contributed by atoms with Gasteiger partial charge < -0.3 is 4.90 Å². The Bertz CT molecular complexity index is 500. The SMILES string of the molecule is C=C1C=C[C-]=C(c2cc(F)cc(F)c2)N1CC.[Y]. The molecule has 0 aromatic heterocycles. The first-order chi connectivity index (χ1) is 8.11. The minimum atomic E-state index is -0.592. The van der Waals surface area contributed by atoms with E-state index in [4.69, 9.17) is 0 Å². The Morgan fingerprint density at radius 2 is 1.83 bits per heavy atom. The van der Waals surface area contributed by atoms with E-state index in [9.17, 15) is 8.78 Å². The van der Waals surface area contributed by atoms with Crippen molar-refractivity contribution in [3.05, 3.63) is 65.9 Å². The third-order valence-corrected chi connectivity index (χ3v) is 2.56. The summed E-state index contributed by atoms with van der Waals surface area (Å²) in [6.45, 7) is 6.49. The Labute approximate surface area is 131 Å². The summed E-state index contributed by atoms with van der Waals surface area (Å²) in [4.78, 5) is 1.86. The van der Waals surface area contributed by atoms with Crippen LogP contribution >= 0.6 is 0 Å². The van der Waals surface area contributed by atoms with Crippen LogP contribution in [0.3, 0.4) is 0 Å². The maximum Gasteiger partial charge on any atom is 0.114 e. The third kappa shape index (κ3) is 3.15. The van der Waals surface area contributed by atoms with E-state index in [1.54, 1.807) is 6.08 Å². The molecule has 18 heavy (non-hydrogen) atoms. The molecule has 0 aliphatic carbocycles. The predicted molar refractivity (Wildman–Crippen MR) is 63.7 cm³/mol. The van der Waals surface area contributed by atoms with Crippen molar-refractivity contribution in [2.24, 2.45) is 0 Å². The van der Waals surface area contributed by atoms with Gasteiger partial charge in [-0.05, 0) is 12.6 Å². The van der Waals surface area contributed by atoms with Crippen molar-refractivity contribution < 1.29 is 41.5 Å². The smallest absolute Gasteiger partial charge is 0.114 e. The molecule has 4 heteroatoms. The Balaban J connectivity index is 0.00000162. The van der Waals surface area contributed by atoms with Crippen molar-refractivity contribution in [1.82, 2.24) is 4.90 Å². The average Bonchev–Trinajstić information content (AvgIpc) is 2.27. The van der Waals surface area contributed by atoms with Crippen LogP contribution in [0.15, 0.2) is 42.6 Å². The summed E-state index contributed by atoms with van der Waals surface area (Å²) in [5.74, 6) is -1.18. The molecule has 2 rings (SSSR count). The summed E-state index contributed by atoms with van der Waals surface area (Å²) in [5.41, 5.74) is 1.89. The van der Waals surface area contributed by atoms with Gasteiger partial charge in [-0.1, -0.05) is 30.0 Å². The van der Waals surface area contributed by atoms with Crippen molar-refractivity contribution in [2.75, 3.05) is 6.54 Å². The molecule has 0 atom stereocenters.